The summed E-state index contributed by atoms with van der Waals surface area (Å²) < 4.78 is 18.4. The van der Waals surface area contributed by atoms with E-state index in [0.717, 1.165) is 6.20 Å². The van der Waals surface area contributed by atoms with Crippen LogP contribution in [0.4, 0.5) is 4.39 Å². The second kappa shape index (κ2) is 5.95. The largest absolute Gasteiger partial charge is 0.465 e. The van der Waals surface area contributed by atoms with Crippen molar-refractivity contribution in [2.75, 3.05) is 7.11 Å². The molecular weight excluding hydrogens is 328 g/mol. The molecule has 20 heavy (non-hydrogen) atoms. The molecule has 0 amide bonds. The Kier molecular flexibility index (Phi) is 4.48. The van der Waals surface area contributed by atoms with Crippen molar-refractivity contribution < 1.29 is 13.9 Å². The maximum atomic E-state index is 13.9. The van der Waals surface area contributed by atoms with E-state index >= 15 is 0 Å². The molecule has 2 aromatic rings. The monoisotopic (exact) mass is 333 g/mol. The summed E-state index contributed by atoms with van der Waals surface area (Å²) in [6.45, 7) is 0. The van der Waals surface area contributed by atoms with Crippen molar-refractivity contribution >= 4 is 40.8 Å². The number of esters is 1. The second-order valence-electron chi connectivity index (χ2n) is 3.77. The topological polar surface area (TPSA) is 39.2 Å². The third-order valence-corrected chi connectivity index (χ3v) is 3.69. The SMILES string of the molecule is COC(=O)c1cnc(F)c(-c2c(Cl)ccc(Cl)c2Cl)c1. The van der Waals surface area contributed by atoms with Gasteiger partial charge in [0.25, 0.3) is 0 Å². The van der Waals surface area contributed by atoms with Gasteiger partial charge in [-0.25, -0.2) is 9.78 Å². The molecule has 7 heteroatoms. The molecule has 1 heterocycles. The highest BCUT2D eigenvalue weighted by Gasteiger charge is 2.18. The van der Waals surface area contributed by atoms with E-state index in [2.05, 4.69) is 9.72 Å². The first kappa shape index (κ1) is 15.0. The van der Waals surface area contributed by atoms with Gasteiger partial charge in [0.05, 0.1) is 27.7 Å². The Bertz CT molecular complexity index is 692. The summed E-state index contributed by atoms with van der Waals surface area (Å²) >= 11 is 18.0. The lowest BCUT2D eigenvalue weighted by Gasteiger charge is -2.10. The van der Waals surface area contributed by atoms with Crippen molar-refractivity contribution in [3.63, 3.8) is 0 Å². The van der Waals surface area contributed by atoms with E-state index in [-0.39, 0.29) is 31.8 Å². The fourth-order valence-corrected chi connectivity index (χ4v) is 2.36. The zero-order valence-electron chi connectivity index (χ0n) is 10.1. The van der Waals surface area contributed by atoms with Crippen LogP contribution in [0.2, 0.25) is 15.1 Å². The highest BCUT2D eigenvalue weighted by molar-refractivity contribution is 6.46. The van der Waals surface area contributed by atoms with Gasteiger partial charge in [-0.2, -0.15) is 4.39 Å². The number of carbonyl (C=O) groups is 1. The van der Waals surface area contributed by atoms with E-state index in [0.29, 0.717) is 0 Å². The van der Waals surface area contributed by atoms with E-state index in [9.17, 15) is 9.18 Å². The van der Waals surface area contributed by atoms with E-state index in [1.807, 2.05) is 0 Å². The number of carbonyl (C=O) groups excluding carboxylic acids is 1. The lowest BCUT2D eigenvalue weighted by Crippen LogP contribution is -2.04. The first-order chi connectivity index (χ1) is 9.45. The molecule has 2 rings (SSSR count). The highest BCUT2D eigenvalue weighted by atomic mass is 35.5. The fourth-order valence-electron chi connectivity index (χ4n) is 1.63. The third-order valence-electron chi connectivity index (χ3n) is 2.57. The van der Waals surface area contributed by atoms with Crippen LogP contribution in [-0.2, 0) is 4.74 Å². The number of benzene rings is 1. The van der Waals surface area contributed by atoms with Gasteiger partial charge in [0.1, 0.15) is 0 Å². The molecule has 1 aromatic heterocycles. The van der Waals surface area contributed by atoms with Crippen molar-refractivity contribution in [2.45, 2.75) is 0 Å². The molecule has 0 saturated heterocycles. The molecule has 0 N–H and O–H groups in total. The molecule has 0 aliphatic carbocycles. The first-order valence-corrected chi connectivity index (χ1v) is 6.46. The Morgan fingerprint density at radius 3 is 2.55 bits per heavy atom. The van der Waals surface area contributed by atoms with Gasteiger partial charge in [0.2, 0.25) is 5.95 Å². The van der Waals surface area contributed by atoms with Crippen LogP contribution >= 0.6 is 34.8 Å². The van der Waals surface area contributed by atoms with Crippen LogP contribution in [0.1, 0.15) is 10.4 Å². The summed E-state index contributed by atoms with van der Waals surface area (Å²) in [6, 6.07) is 4.23. The Morgan fingerprint density at radius 2 is 1.90 bits per heavy atom. The standard InChI is InChI=1S/C13H7Cl3FNO2/c1-20-13(19)6-4-7(12(17)18-5-6)10-8(14)2-3-9(15)11(10)16/h2-5H,1H3. The quantitative estimate of drug-likeness (QED) is 0.456. The van der Waals surface area contributed by atoms with E-state index in [4.69, 9.17) is 34.8 Å². The van der Waals surface area contributed by atoms with Gasteiger partial charge in [-0.15, -0.1) is 0 Å². The number of ether oxygens (including phenoxy) is 1. The number of halogens is 4. The second-order valence-corrected chi connectivity index (χ2v) is 4.96. The number of rotatable bonds is 2. The number of hydrogen-bond donors (Lipinski definition) is 0. The molecule has 0 spiro atoms. The van der Waals surface area contributed by atoms with Gasteiger partial charge < -0.3 is 4.74 Å². The molecule has 0 aliphatic rings. The van der Waals surface area contributed by atoms with Crippen molar-refractivity contribution in [1.82, 2.24) is 4.98 Å². The Balaban J connectivity index is 2.70. The van der Waals surface area contributed by atoms with Gasteiger partial charge in [-0.3, -0.25) is 0 Å². The van der Waals surface area contributed by atoms with Crippen LogP contribution < -0.4 is 0 Å². The molecule has 1 aromatic carbocycles. The average molecular weight is 335 g/mol. The third kappa shape index (κ3) is 2.73. The van der Waals surface area contributed by atoms with Crippen molar-refractivity contribution in [1.29, 1.82) is 0 Å². The van der Waals surface area contributed by atoms with Crippen LogP contribution in [-0.4, -0.2) is 18.1 Å². The fraction of sp³-hybridized carbons (Fsp3) is 0.0769. The minimum atomic E-state index is -0.816. The van der Waals surface area contributed by atoms with Crippen LogP contribution in [0.25, 0.3) is 11.1 Å². The predicted molar refractivity (Wildman–Crippen MR) is 76.0 cm³/mol. The smallest absolute Gasteiger partial charge is 0.339 e. The molecule has 0 fully saturated rings. The van der Waals surface area contributed by atoms with Gasteiger partial charge >= 0.3 is 5.97 Å². The van der Waals surface area contributed by atoms with Crippen LogP contribution in [0, 0.1) is 5.95 Å². The lowest BCUT2D eigenvalue weighted by molar-refractivity contribution is 0.0600. The number of aromatic nitrogens is 1. The zero-order chi connectivity index (χ0) is 14.9. The van der Waals surface area contributed by atoms with Crippen molar-refractivity contribution in [2.24, 2.45) is 0 Å². The summed E-state index contributed by atoms with van der Waals surface area (Å²) in [4.78, 5) is 15.0. The summed E-state index contributed by atoms with van der Waals surface area (Å²) in [5.74, 6) is -1.46. The molecule has 0 bridgehead atoms. The predicted octanol–water partition coefficient (Wildman–Crippen LogP) is 4.63. The minimum absolute atomic E-state index is 0.0228. The zero-order valence-corrected chi connectivity index (χ0v) is 12.4. The van der Waals surface area contributed by atoms with Crippen LogP contribution in [0.5, 0.6) is 0 Å². The Hall–Kier alpha value is -1.36. The van der Waals surface area contributed by atoms with E-state index in [1.54, 1.807) is 0 Å². The van der Waals surface area contributed by atoms with Crippen molar-refractivity contribution in [3.8, 4) is 11.1 Å². The van der Waals surface area contributed by atoms with E-state index in [1.165, 1.54) is 25.3 Å². The van der Waals surface area contributed by atoms with Crippen LogP contribution in [0.15, 0.2) is 24.4 Å². The summed E-state index contributed by atoms with van der Waals surface area (Å²) in [7, 11) is 1.21. The molecule has 0 aliphatic heterocycles. The average Bonchev–Trinajstić information content (AvgIpc) is 2.44. The maximum Gasteiger partial charge on any atom is 0.339 e. The first-order valence-electron chi connectivity index (χ1n) is 5.33. The minimum Gasteiger partial charge on any atom is -0.465 e. The van der Waals surface area contributed by atoms with Crippen LogP contribution in [0.3, 0.4) is 0 Å². The lowest BCUT2D eigenvalue weighted by atomic mass is 10.1. The van der Waals surface area contributed by atoms with Gasteiger partial charge in [0, 0.05) is 17.3 Å². The molecular formula is C13H7Cl3FNO2. The molecule has 0 unspecified atom stereocenters. The molecule has 0 radical (unpaired) electrons. The Morgan fingerprint density at radius 1 is 1.25 bits per heavy atom. The summed E-state index contributed by atoms with van der Waals surface area (Å²) in [5, 5.41) is 0.498. The van der Waals surface area contributed by atoms with Gasteiger partial charge in [-0.1, -0.05) is 34.8 Å². The molecule has 3 nitrogen and oxygen atoms in total. The maximum absolute atomic E-state index is 13.9. The van der Waals surface area contributed by atoms with E-state index < -0.39 is 11.9 Å². The molecule has 104 valence electrons. The van der Waals surface area contributed by atoms with Gasteiger partial charge in [0.15, 0.2) is 0 Å². The number of pyridine rings is 1. The number of nitrogens with zero attached hydrogens (tertiary/aromatic N) is 1. The van der Waals surface area contributed by atoms with Gasteiger partial charge in [-0.05, 0) is 18.2 Å². The van der Waals surface area contributed by atoms with Crippen molar-refractivity contribution in [3.05, 3.63) is 51.0 Å². The number of hydrogen-bond acceptors (Lipinski definition) is 3. The molecule has 0 saturated carbocycles. The molecule has 0 atom stereocenters. The number of methoxy groups -OCH3 is 1. The Labute approximate surface area is 129 Å². The normalized spacial score (nSPS) is 10.4. The summed E-state index contributed by atoms with van der Waals surface area (Å²) in [6.07, 6.45) is 1.07. The highest BCUT2D eigenvalue weighted by Crippen LogP contribution is 2.39. The summed E-state index contributed by atoms with van der Waals surface area (Å²) in [5.41, 5.74) is 0.234.